The van der Waals surface area contributed by atoms with E-state index in [9.17, 15) is 4.79 Å². The molecule has 0 fully saturated rings. The Morgan fingerprint density at radius 3 is 1.87 bits per heavy atom. The third kappa shape index (κ3) is 14.2. The first-order valence-corrected chi connectivity index (χ1v) is 18.3. The molecule has 1 aliphatic heterocycles. The summed E-state index contributed by atoms with van der Waals surface area (Å²) in [7, 11) is 3.43. The fourth-order valence-corrected chi connectivity index (χ4v) is 7.33. The number of thiophene rings is 2. The smallest absolute Gasteiger partial charge is 0.277 e. The van der Waals surface area contributed by atoms with Gasteiger partial charge in [0.15, 0.2) is 0 Å². The van der Waals surface area contributed by atoms with Crippen LogP contribution in [0.3, 0.4) is 0 Å². The van der Waals surface area contributed by atoms with Crippen molar-refractivity contribution in [1.82, 2.24) is 4.90 Å². The van der Waals surface area contributed by atoms with Crippen LogP contribution in [0.1, 0.15) is 76.5 Å². The highest BCUT2D eigenvalue weighted by Gasteiger charge is 2.24. The van der Waals surface area contributed by atoms with Crippen LogP contribution in [0.25, 0.3) is 15.5 Å². The van der Waals surface area contributed by atoms with Gasteiger partial charge in [-0.1, -0.05) is 58.3 Å². The molecule has 2 aromatic rings. The summed E-state index contributed by atoms with van der Waals surface area (Å²) in [6, 6.07) is 4.48. The standard InChI is InChI=1S/C34H55N3O6S2/c1-5-6-7-8-9-10-11-12-13-14-37(15-16-40-19-20-42-23-24-43-22-21-41-18-17-39-4)33-27-32-31(45-33)26-29(44-32)25-30-34(38)36(3)28(2)35-30/h25-27H,5-24H2,1-4H3/b30-25-. The monoisotopic (exact) mass is 665 g/mol. The molecule has 0 aromatic carbocycles. The molecule has 254 valence electrons. The second-order valence-electron chi connectivity index (χ2n) is 11.3. The molecule has 0 bridgehead atoms. The summed E-state index contributed by atoms with van der Waals surface area (Å²) < 4.78 is 29.9. The number of rotatable bonds is 27. The summed E-state index contributed by atoms with van der Waals surface area (Å²) in [5.41, 5.74) is 0.507. The lowest BCUT2D eigenvalue weighted by atomic mass is 10.1. The molecule has 0 aliphatic carbocycles. The van der Waals surface area contributed by atoms with Crippen molar-refractivity contribution in [3.05, 3.63) is 22.7 Å². The van der Waals surface area contributed by atoms with Crippen LogP contribution in [-0.4, -0.2) is 103 Å². The number of ether oxygens (including phenoxy) is 5. The summed E-state index contributed by atoms with van der Waals surface area (Å²) in [5, 5.41) is 1.28. The number of fused-ring (bicyclic) bond motifs is 1. The summed E-state index contributed by atoms with van der Waals surface area (Å²) in [5.74, 6) is 0.688. The van der Waals surface area contributed by atoms with Gasteiger partial charge in [0.05, 0.1) is 64.5 Å². The summed E-state index contributed by atoms with van der Waals surface area (Å²) in [6.45, 7) is 11.2. The van der Waals surface area contributed by atoms with E-state index in [0.717, 1.165) is 23.8 Å². The molecule has 0 N–H and O–H groups in total. The number of unbranched alkanes of at least 4 members (excludes halogenated alkanes) is 8. The Hall–Kier alpha value is -1.86. The lowest BCUT2D eigenvalue weighted by Crippen LogP contribution is -2.28. The van der Waals surface area contributed by atoms with Crippen molar-refractivity contribution in [1.29, 1.82) is 0 Å². The van der Waals surface area contributed by atoms with Gasteiger partial charge in [0.2, 0.25) is 0 Å². The molecule has 9 nitrogen and oxygen atoms in total. The zero-order valence-electron chi connectivity index (χ0n) is 28.0. The fourth-order valence-electron chi connectivity index (χ4n) is 4.94. The van der Waals surface area contributed by atoms with Gasteiger partial charge in [0, 0.05) is 41.5 Å². The molecule has 2 aromatic heterocycles. The lowest BCUT2D eigenvalue weighted by molar-refractivity contribution is -0.121. The third-order valence-corrected chi connectivity index (χ3v) is 9.98. The molecule has 0 saturated carbocycles. The first-order valence-electron chi connectivity index (χ1n) is 16.7. The number of amidine groups is 1. The molecular formula is C34H55N3O6S2. The van der Waals surface area contributed by atoms with Crippen molar-refractivity contribution in [2.45, 2.75) is 71.6 Å². The molecule has 1 amide bonds. The summed E-state index contributed by atoms with van der Waals surface area (Å²) in [4.78, 5) is 22.0. The predicted molar refractivity (Wildman–Crippen MR) is 188 cm³/mol. The van der Waals surface area contributed by atoms with Crippen LogP contribution in [0.4, 0.5) is 5.00 Å². The van der Waals surface area contributed by atoms with Gasteiger partial charge in [-0.15, -0.1) is 22.7 Å². The highest BCUT2D eigenvalue weighted by atomic mass is 32.1. The highest BCUT2D eigenvalue weighted by Crippen LogP contribution is 2.39. The quantitative estimate of drug-likeness (QED) is 0.0735. The molecular weight excluding hydrogens is 611 g/mol. The Morgan fingerprint density at radius 1 is 0.756 bits per heavy atom. The van der Waals surface area contributed by atoms with Gasteiger partial charge in [0.1, 0.15) is 11.5 Å². The number of amides is 1. The Morgan fingerprint density at radius 2 is 1.31 bits per heavy atom. The molecule has 3 rings (SSSR count). The summed E-state index contributed by atoms with van der Waals surface area (Å²) in [6.07, 6.45) is 13.8. The van der Waals surface area contributed by atoms with Gasteiger partial charge in [-0.2, -0.15) is 0 Å². The van der Waals surface area contributed by atoms with Crippen molar-refractivity contribution in [3.8, 4) is 0 Å². The molecule has 0 saturated heterocycles. The van der Waals surface area contributed by atoms with Crippen molar-refractivity contribution >= 4 is 54.9 Å². The molecule has 0 unspecified atom stereocenters. The minimum Gasteiger partial charge on any atom is -0.382 e. The van der Waals surface area contributed by atoms with Crippen LogP contribution in [0, 0.1) is 0 Å². The van der Waals surface area contributed by atoms with Gasteiger partial charge >= 0.3 is 0 Å². The maximum atomic E-state index is 12.4. The van der Waals surface area contributed by atoms with E-state index in [1.54, 1.807) is 30.4 Å². The van der Waals surface area contributed by atoms with Crippen molar-refractivity contribution in [2.24, 2.45) is 4.99 Å². The van der Waals surface area contributed by atoms with Crippen LogP contribution in [0.5, 0.6) is 0 Å². The SMILES string of the molecule is CCCCCCCCCCCN(CCOCCOCCOCCOCCOC)c1cc2sc(/C=C3\N=C(C)N(C)C3=O)cc2s1. The predicted octanol–water partition coefficient (Wildman–Crippen LogP) is 7.24. The molecule has 1 aliphatic rings. The number of hydrogen-bond acceptors (Lipinski definition) is 10. The van der Waals surface area contributed by atoms with Crippen LogP contribution in [0.15, 0.2) is 22.8 Å². The van der Waals surface area contributed by atoms with Gasteiger partial charge < -0.3 is 28.6 Å². The minimum absolute atomic E-state index is 0.0460. The minimum atomic E-state index is -0.0460. The van der Waals surface area contributed by atoms with E-state index in [4.69, 9.17) is 23.7 Å². The Bertz CT molecular complexity index is 1130. The van der Waals surface area contributed by atoms with E-state index in [1.807, 2.05) is 24.3 Å². The molecule has 11 heteroatoms. The number of methoxy groups -OCH3 is 1. The Balaban J connectivity index is 1.41. The first-order chi connectivity index (χ1) is 22.0. The van der Waals surface area contributed by atoms with Gasteiger partial charge in [-0.25, -0.2) is 4.99 Å². The highest BCUT2D eigenvalue weighted by molar-refractivity contribution is 7.30. The van der Waals surface area contributed by atoms with Crippen molar-refractivity contribution < 1.29 is 28.5 Å². The maximum absolute atomic E-state index is 12.4. The maximum Gasteiger partial charge on any atom is 0.277 e. The van der Waals surface area contributed by atoms with E-state index in [1.165, 1.54) is 72.2 Å². The van der Waals surface area contributed by atoms with Crippen molar-refractivity contribution in [3.63, 3.8) is 0 Å². The van der Waals surface area contributed by atoms with E-state index in [-0.39, 0.29) is 5.91 Å². The number of likely N-dealkylation sites (N-methyl/N-ethyl adjacent to an activating group) is 1. The first kappa shape index (κ1) is 37.6. The zero-order chi connectivity index (χ0) is 32.1. The average Bonchev–Trinajstić information content (AvgIpc) is 3.67. The number of carbonyl (C=O) groups excluding carboxylic acids is 1. The topological polar surface area (TPSA) is 82.1 Å². The Labute approximate surface area is 278 Å². The van der Waals surface area contributed by atoms with Gasteiger partial charge in [-0.05, 0) is 31.6 Å². The zero-order valence-corrected chi connectivity index (χ0v) is 29.6. The van der Waals surface area contributed by atoms with E-state index in [0.29, 0.717) is 65.2 Å². The number of hydrogen-bond donors (Lipinski definition) is 0. The lowest BCUT2D eigenvalue weighted by Gasteiger charge is -2.23. The number of nitrogens with zero attached hydrogens (tertiary/aromatic N) is 3. The number of aliphatic imine (C=N–C) groups is 1. The third-order valence-electron chi connectivity index (χ3n) is 7.68. The summed E-state index contributed by atoms with van der Waals surface area (Å²) >= 11 is 3.53. The van der Waals surface area contributed by atoms with Crippen LogP contribution in [-0.2, 0) is 28.5 Å². The van der Waals surface area contributed by atoms with Gasteiger partial charge in [-0.3, -0.25) is 9.69 Å². The van der Waals surface area contributed by atoms with Gasteiger partial charge in [0.25, 0.3) is 5.91 Å². The molecule has 0 radical (unpaired) electrons. The van der Waals surface area contributed by atoms with Crippen molar-refractivity contribution in [2.75, 3.05) is 91.6 Å². The average molecular weight is 666 g/mol. The molecule has 3 heterocycles. The van der Waals surface area contributed by atoms with Crippen LogP contribution >= 0.6 is 22.7 Å². The molecule has 0 atom stereocenters. The van der Waals surface area contributed by atoms with E-state index < -0.39 is 0 Å². The van der Waals surface area contributed by atoms with Crippen LogP contribution in [0.2, 0.25) is 0 Å². The van der Waals surface area contributed by atoms with E-state index >= 15 is 0 Å². The second kappa shape index (κ2) is 22.6. The van der Waals surface area contributed by atoms with E-state index in [2.05, 4.69) is 28.9 Å². The number of carbonyl (C=O) groups is 1. The van der Waals surface area contributed by atoms with Crippen LogP contribution < -0.4 is 4.90 Å². The molecule has 45 heavy (non-hydrogen) atoms. The molecule has 0 spiro atoms. The normalized spacial score (nSPS) is 14.4. The largest absolute Gasteiger partial charge is 0.382 e. The number of anilines is 1. The second-order valence-corrected chi connectivity index (χ2v) is 13.5. The Kier molecular flexibility index (Phi) is 18.9. The fraction of sp³-hybridized carbons (Fsp3) is 0.706.